The number of anilines is 2. The number of piperazine rings is 1. The average Bonchev–Trinajstić information content (AvgIpc) is 2.64. The Hall–Kier alpha value is -2.25. The van der Waals surface area contributed by atoms with Gasteiger partial charge < -0.3 is 15.0 Å². The van der Waals surface area contributed by atoms with Gasteiger partial charge in [0, 0.05) is 57.1 Å². The predicted octanol–water partition coefficient (Wildman–Crippen LogP) is 1.67. The molecule has 0 atom stereocenters. The summed E-state index contributed by atoms with van der Waals surface area (Å²) in [6, 6.07) is 9.53. The summed E-state index contributed by atoms with van der Waals surface area (Å²) in [6.45, 7) is 5.19. The van der Waals surface area contributed by atoms with Gasteiger partial charge in [-0.3, -0.25) is 9.69 Å². The van der Waals surface area contributed by atoms with Crippen LogP contribution in [0.1, 0.15) is 0 Å². The van der Waals surface area contributed by atoms with E-state index in [9.17, 15) is 4.79 Å². The van der Waals surface area contributed by atoms with E-state index in [0.29, 0.717) is 10.8 Å². The van der Waals surface area contributed by atoms with E-state index in [1.165, 1.54) is 0 Å². The summed E-state index contributed by atoms with van der Waals surface area (Å²) in [7, 11) is 1.67. The third-order valence-electron chi connectivity index (χ3n) is 4.29. The Balaban J connectivity index is 1.46. The first-order valence-corrected chi connectivity index (χ1v) is 8.64. The van der Waals surface area contributed by atoms with Crippen LogP contribution in [0, 0.1) is 0 Å². The zero-order valence-corrected chi connectivity index (χ0v) is 14.9. The number of hydrogen-bond donors (Lipinski definition) is 2. The maximum absolute atomic E-state index is 11.9. The molecule has 25 heavy (non-hydrogen) atoms. The van der Waals surface area contributed by atoms with Crippen molar-refractivity contribution in [2.75, 3.05) is 56.6 Å². The van der Waals surface area contributed by atoms with Crippen molar-refractivity contribution in [3.8, 4) is 5.75 Å². The van der Waals surface area contributed by atoms with Gasteiger partial charge in [0.2, 0.25) is 0 Å². The van der Waals surface area contributed by atoms with Gasteiger partial charge in [-0.05, 0) is 12.1 Å². The van der Waals surface area contributed by atoms with Gasteiger partial charge >= 0.3 is 0 Å². The molecule has 2 heterocycles. The lowest BCUT2D eigenvalue weighted by molar-refractivity contribution is 0.267. The molecule has 0 radical (unpaired) electrons. The monoisotopic (exact) mass is 363 g/mol. The van der Waals surface area contributed by atoms with E-state index in [1.807, 2.05) is 24.3 Å². The van der Waals surface area contributed by atoms with Gasteiger partial charge in [-0.2, -0.15) is 5.10 Å². The van der Waals surface area contributed by atoms with Gasteiger partial charge in [0.15, 0.2) is 5.15 Å². The molecule has 1 fully saturated rings. The predicted molar refractivity (Wildman–Crippen MR) is 100 cm³/mol. The number of aromatic amines is 1. The van der Waals surface area contributed by atoms with Crippen LogP contribution in [-0.4, -0.2) is 61.5 Å². The Morgan fingerprint density at radius 3 is 2.84 bits per heavy atom. The van der Waals surface area contributed by atoms with Crippen molar-refractivity contribution in [2.24, 2.45) is 0 Å². The van der Waals surface area contributed by atoms with Crippen LogP contribution in [0.25, 0.3) is 0 Å². The molecule has 0 unspecified atom stereocenters. The lowest BCUT2D eigenvalue weighted by atomic mass is 10.2. The smallest absolute Gasteiger partial charge is 0.287 e. The normalized spacial score (nSPS) is 15.2. The minimum atomic E-state index is -0.197. The van der Waals surface area contributed by atoms with Crippen LogP contribution >= 0.6 is 11.6 Å². The van der Waals surface area contributed by atoms with Crippen LogP contribution in [-0.2, 0) is 0 Å². The van der Waals surface area contributed by atoms with E-state index in [-0.39, 0.29) is 5.56 Å². The van der Waals surface area contributed by atoms with Gasteiger partial charge in [-0.1, -0.05) is 17.7 Å². The molecule has 1 aliphatic heterocycles. The maximum Gasteiger partial charge on any atom is 0.287 e. The van der Waals surface area contributed by atoms with Gasteiger partial charge in [0.25, 0.3) is 5.56 Å². The number of ether oxygens (including phenoxy) is 1. The number of aromatic nitrogens is 2. The number of benzene rings is 1. The second-order valence-electron chi connectivity index (χ2n) is 5.89. The number of rotatable bonds is 6. The highest BCUT2D eigenvalue weighted by Crippen LogP contribution is 2.17. The highest BCUT2D eigenvalue weighted by molar-refractivity contribution is 6.29. The fourth-order valence-electron chi connectivity index (χ4n) is 2.91. The third-order valence-corrected chi connectivity index (χ3v) is 4.49. The first kappa shape index (κ1) is 17.6. The molecule has 0 spiro atoms. The minimum absolute atomic E-state index is 0.197. The number of H-pyrrole nitrogens is 1. The van der Waals surface area contributed by atoms with E-state index in [2.05, 4.69) is 25.3 Å². The molecule has 134 valence electrons. The molecular formula is C17H22ClN5O2. The Kier molecular flexibility index (Phi) is 5.78. The molecule has 0 saturated carbocycles. The second kappa shape index (κ2) is 8.22. The Morgan fingerprint density at radius 2 is 2.08 bits per heavy atom. The zero-order valence-electron chi connectivity index (χ0n) is 14.2. The van der Waals surface area contributed by atoms with Crippen LogP contribution in [0.3, 0.4) is 0 Å². The SMILES string of the molecule is COc1cccc(NCCN2CCN(c3cc(Cl)n[nH]c3=O)CC2)c1. The number of methoxy groups -OCH3 is 1. The molecule has 0 bridgehead atoms. The molecule has 1 aliphatic rings. The molecule has 1 aromatic carbocycles. The summed E-state index contributed by atoms with van der Waals surface area (Å²) < 4.78 is 5.23. The summed E-state index contributed by atoms with van der Waals surface area (Å²) in [4.78, 5) is 16.3. The Bertz CT molecular complexity index is 759. The summed E-state index contributed by atoms with van der Waals surface area (Å²) in [5.41, 5.74) is 1.45. The number of nitrogens with one attached hydrogen (secondary N) is 2. The Morgan fingerprint density at radius 1 is 1.28 bits per heavy atom. The molecule has 0 amide bonds. The van der Waals surface area contributed by atoms with Crippen LogP contribution in [0.5, 0.6) is 5.75 Å². The summed E-state index contributed by atoms with van der Waals surface area (Å²) in [5.74, 6) is 0.847. The van der Waals surface area contributed by atoms with E-state index < -0.39 is 0 Å². The van der Waals surface area contributed by atoms with Gasteiger partial charge in [0.05, 0.1) is 7.11 Å². The second-order valence-corrected chi connectivity index (χ2v) is 6.28. The van der Waals surface area contributed by atoms with Gasteiger partial charge in [0.1, 0.15) is 11.4 Å². The molecule has 1 saturated heterocycles. The number of nitrogens with zero attached hydrogens (tertiary/aromatic N) is 3. The van der Waals surface area contributed by atoms with Crippen molar-refractivity contribution in [3.05, 3.63) is 45.8 Å². The zero-order chi connectivity index (χ0) is 17.6. The standard InChI is InChI=1S/C17H22ClN5O2/c1-25-14-4-2-3-13(11-14)19-5-6-22-7-9-23(10-8-22)15-12-16(18)20-21-17(15)24/h2-4,11-12,19H,5-10H2,1H3,(H,21,24). The molecule has 3 rings (SSSR count). The highest BCUT2D eigenvalue weighted by Gasteiger charge is 2.19. The van der Waals surface area contributed by atoms with E-state index in [4.69, 9.17) is 16.3 Å². The number of hydrogen-bond acceptors (Lipinski definition) is 6. The molecule has 0 aliphatic carbocycles. The largest absolute Gasteiger partial charge is 0.497 e. The van der Waals surface area contributed by atoms with Crippen molar-refractivity contribution in [3.63, 3.8) is 0 Å². The Labute approximate surface area is 151 Å². The molecule has 2 N–H and O–H groups in total. The summed E-state index contributed by atoms with van der Waals surface area (Å²) in [5, 5.41) is 9.85. The fraction of sp³-hybridized carbons (Fsp3) is 0.412. The molecule has 8 heteroatoms. The molecule has 7 nitrogen and oxygen atoms in total. The molecule has 1 aromatic heterocycles. The van der Waals surface area contributed by atoms with Crippen LogP contribution in [0.15, 0.2) is 35.1 Å². The van der Waals surface area contributed by atoms with Crippen molar-refractivity contribution in [1.82, 2.24) is 15.1 Å². The van der Waals surface area contributed by atoms with Crippen LogP contribution in [0.2, 0.25) is 5.15 Å². The quantitative estimate of drug-likeness (QED) is 0.813. The third kappa shape index (κ3) is 4.64. The van der Waals surface area contributed by atoms with Gasteiger partial charge in [-0.25, -0.2) is 5.10 Å². The lowest BCUT2D eigenvalue weighted by Crippen LogP contribution is -2.49. The van der Waals surface area contributed by atoms with Crippen LogP contribution < -0.4 is 20.5 Å². The summed E-state index contributed by atoms with van der Waals surface area (Å²) in [6.07, 6.45) is 0. The fourth-order valence-corrected chi connectivity index (χ4v) is 3.06. The van der Waals surface area contributed by atoms with Crippen molar-refractivity contribution >= 4 is 23.0 Å². The van der Waals surface area contributed by atoms with E-state index in [1.54, 1.807) is 13.2 Å². The van der Waals surface area contributed by atoms with Gasteiger partial charge in [-0.15, -0.1) is 0 Å². The average molecular weight is 364 g/mol. The first-order valence-electron chi connectivity index (χ1n) is 8.26. The van der Waals surface area contributed by atoms with E-state index >= 15 is 0 Å². The molecular weight excluding hydrogens is 342 g/mol. The maximum atomic E-state index is 11.9. The van der Waals surface area contributed by atoms with Crippen LogP contribution in [0.4, 0.5) is 11.4 Å². The van der Waals surface area contributed by atoms with E-state index in [0.717, 1.165) is 50.7 Å². The van der Waals surface area contributed by atoms with Crippen molar-refractivity contribution in [1.29, 1.82) is 0 Å². The van der Waals surface area contributed by atoms with Crippen molar-refractivity contribution in [2.45, 2.75) is 0 Å². The first-order chi connectivity index (χ1) is 12.2. The van der Waals surface area contributed by atoms with Crippen molar-refractivity contribution < 1.29 is 4.74 Å². The summed E-state index contributed by atoms with van der Waals surface area (Å²) >= 11 is 5.88. The minimum Gasteiger partial charge on any atom is -0.497 e. The molecule has 2 aromatic rings. The topological polar surface area (TPSA) is 73.5 Å². The lowest BCUT2D eigenvalue weighted by Gasteiger charge is -2.35. The highest BCUT2D eigenvalue weighted by atomic mass is 35.5. The number of halogens is 1.